The first kappa shape index (κ1) is 12.3. The van der Waals surface area contributed by atoms with Gasteiger partial charge in [-0.15, -0.1) is 0 Å². The Balaban J connectivity index is 2.15. The van der Waals surface area contributed by atoms with Gasteiger partial charge in [0.25, 0.3) is 0 Å². The quantitative estimate of drug-likeness (QED) is 0.815. The lowest BCUT2D eigenvalue weighted by Crippen LogP contribution is -2.39. The molecule has 0 radical (unpaired) electrons. The van der Waals surface area contributed by atoms with E-state index in [1.807, 2.05) is 25.2 Å². The minimum atomic E-state index is -0.361. The molecule has 1 aliphatic heterocycles. The highest BCUT2D eigenvalue weighted by molar-refractivity contribution is 9.10. The maximum Gasteiger partial charge on any atom is 0.235 e. The Kier molecular flexibility index (Phi) is 2.89. The van der Waals surface area contributed by atoms with E-state index in [0.29, 0.717) is 12.8 Å². The Morgan fingerprint density at radius 3 is 2.95 bits per heavy atom. The highest BCUT2D eigenvalue weighted by Gasteiger charge is 2.32. The summed E-state index contributed by atoms with van der Waals surface area (Å²) in [6.45, 7) is 0. The number of rotatable bonds is 1. The van der Waals surface area contributed by atoms with Crippen LogP contribution < -0.4 is 5.32 Å². The van der Waals surface area contributed by atoms with E-state index in [4.69, 9.17) is 0 Å². The number of carbonyl (C=O) groups excluding carboxylic acids is 2. The van der Waals surface area contributed by atoms with Crippen molar-refractivity contribution in [2.24, 2.45) is 7.05 Å². The number of piperidine rings is 1. The smallest absolute Gasteiger partial charge is 0.235 e. The first-order valence-corrected chi connectivity index (χ1v) is 6.82. The van der Waals surface area contributed by atoms with Gasteiger partial charge in [0, 0.05) is 23.3 Å². The number of imide groups is 1. The van der Waals surface area contributed by atoms with Crippen LogP contribution in [0.4, 0.5) is 0 Å². The van der Waals surface area contributed by atoms with Crippen LogP contribution in [0.25, 0.3) is 10.9 Å². The molecule has 3 rings (SSSR count). The molecule has 6 heteroatoms. The van der Waals surface area contributed by atoms with E-state index in [2.05, 4.69) is 26.3 Å². The van der Waals surface area contributed by atoms with E-state index in [9.17, 15) is 9.59 Å². The van der Waals surface area contributed by atoms with Crippen LogP contribution >= 0.6 is 15.9 Å². The second-order valence-corrected chi connectivity index (χ2v) is 5.50. The van der Waals surface area contributed by atoms with Crippen molar-refractivity contribution in [3.8, 4) is 0 Å². The van der Waals surface area contributed by atoms with E-state index in [0.717, 1.165) is 21.1 Å². The molecule has 2 heterocycles. The lowest BCUT2D eigenvalue weighted by atomic mass is 9.93. The number of benzene rings is 1. The van der Waals surface area contributed by atoms with E-state index >= 15 is 0 Å². The van der Waals surface area contributed by atoms with Crippen molar-refractivity contribution in [1.29, 1.82) is 0 Å². The van der Waals surface area contributed by atoms with Crippen molar-refractivity contribution in [2.75, 3.05) is 0 Å². The van der Waals surface area contributed by atoms with Gasteiger partial charge in [-0.3, -0.25) is 19.6 Å². The minimum Gasteiger partial charge on any atom is -0.296 e. The van der Waals surface area contributed by atoms with E-state index in [-0.39, 0.29) is 17.7 Å². The van der Waals surface area contributed by atoms with Crippen LogP contribution in [0.3, 0.4) is 0 Å². The number of fused-ring (bicyclic) bond motifs is 1. The van der Waals surface area contributed by atoms with Gasteiger partial charge in [0.15, 0.2) is 0 Å². The zero-order chi connectivity index (χ0) is 13.6. The Hall–Kier alpha value is -1.69. The average Bonchev–Trinajstić information content (AvgIpc) is 2.68. The first-order chi connectivity index (χ1) is 9.08. The van der Waals surface area contributed by atoms with Crippen LogP contribution in [0.2, 0.25) is 0 Å². The molecule has 19 heavy (non-hydrogen) atoms. The number of hydrogen-bond acceptors (Lipinski definition) is 3. The summed E-state index contributed by atoms with van der Waals surface area (Å²) in [4.78, 5) is 23.2. The lowest BCUT2D eigenvalue weighted by molar-refractivity contribution is -0.134. The third-order valence-corrected chi connectivity index (χ3v) is 4.08. The Morgan fingerprint density at radius 2 is 2.21 bits per heavy atom. The van der Waals surface area contributed by atoms with E-state index in [1.54, 1.807) is 4.68 Å². The molecule has 0 spiro atoms. The number of hydrogen-bond donors (Lipinski definition) is 1. The molecule has 1 unspecified atom stereocenters. The van der Waals surface area contributed by atoms with Gasteiger partial charge in [0.1, 0.15) is 0 Å². The fourth-order valence-electron chi connectivity index (χ4n) is 2.50. The van der Waals surface area contributed by atoms with E-state index in [1.165, 1.54) is 0 Å². The van der Waals surface area contributed by atoms with Gasteiger partial charge in [-0.1, -0.05) is 22.0 Å². The van der Waals surface area contributed by atoms with Gasteiger partial charge in [-0.05, 0) is 18.6 Å². The largest absolute Gasteiger partial charge is 0.296 e. The van der Waals surface area contributed by atoms with Crippen molar-refractivity contribution in [2.45, 2.75) is 18.8 Å². The molecule has 2 aromatic rings. The topological polar surface area (TPSA) is 64.0 Å². The molecule has 0 aliphatic carbocycles. The highest BCUT2D eigenvalue weighted by Crippen LogP contribution is 2.34. The second kappa shape index (κ2) is 4.45. The molecule has 0 bridgehead atoms. The monoisotopic (exact) mass is 321 g/mol. The molecule has 5 nitrogen and oxygen atoms in total. The zero-order valence-corrected chi connectivity index (χ0v) is 11.9. The summed E-state index contributed by atoms with van der Waals surface area (Å²) in [5, 5.41) is 7.79. The van der Waals surface area contributed by atoms with Crippen LogP contribution in [0, 0.1) is 0 Å². The number of nitrogens with one attached hydrogen (secondary N) is 1. The zero-order valence-electron chi connectivity index (χ0n) is 10.3. The maximum atomic E-state index is 12.0. The standard InChI is InChI=1S/C13H12BrN3O2/c1-17-9-4-2-3-8(14)11(9)12(16-17)7-5-6-10(18)15-13(7)19/h2-4,7H,5-6H2,1H3,(H,15,18,19). The molecule has 1 atom stereocenters. The minimum absolute atomic E-state index is 0.208. The summed E-state index contributed by atoms with van der Waals surface area (Å²) in [7, 11) is 1.85. The molecule has 1 N–H and O–H groups in total. The van der Waals surface area contributed by atoms with Crippen LogP contribution in [0.5, 0.6) is 0 Å². The van der Waals surface area contributed by atoms with Crippen molar-refractivity contribution in [3.63, 3.8) is 0 Å². The molecule has 2 amide bonds. The Morgan fingerprint density at radius 1 is 1.42 bits per heavy atom. The van der Waals surface area contributed by atoms with Crippen molar-refractivity contribution in [1.82, 2.24) is 15.1 Å². The van der Waals surface area contributed by atoms with E-state index < -0.39 is 0 Å². The van der Waals surface area contributed by atoms with Crippen molar-refractivity contribution >= 4 is 38.6 Å². The SMILES string of the molecule is Cn1nc(C2CCC(=O)NC2=O)c2c(Br)cccc21. The van der Waals surface area contributed by atoms with Gasteiger partial charge >= 0.3 is 0 Å². The predicted molar refractivity (Wildman–Crippen MR) is 73.5 cm³/mol. The third-order valence-electron chi connectivity index (χ3n) is 3.42. The lowest BCUT2D eigenvalue weighted by Gasteiger charge is -2.19. The van der Waals surface area contributed by atoms with Crippen LogP contribution in [-0.4, -0.2) is 21.6 Å². The molecule has 1 aromatic heterocycles. The van der Waals surface area contributed by atoms with Gasteiger partial charge in [0.05, 0.1) is 17.1 Å². The Labute approximate surface area is 118 Å². The number of aryl methyl sites for hydroxylation is 1. The normalized spacial score (nSPS) is 19.8. The summed E-state index contributed by atoms with van der Waals surface area (Å²) in [5.41, 5.74) is 1.70. The summed E-state index contributed by atoms with van der Waals surface area (Å²) >= 11 is 3.51. The van der Waals surface area contributed by atoms with Crippen LogP contribution in [-0.2, 0) is 16.6 Å². The van der Waals surface area contributed by atoms with Gasteiger partial charge in [-0.2, -0.15) is 5.10 Å². The fourth-order valence-corrected chi connectivity index (χ4v) is 3.06. The predicted octanol–water partition coefficient (Wildman–Crippen LogP) is 1.86. The molecule has 1 saturated heterocycles. The van der Waals surface area contributed by atoms with Crippen LogP contribution in [0.15, 0.2) is 22.7 Å². The number of halogens is 1. The summed E-state index contributed by atoms with van der Waals surface area (Å²) in [5.74, 6) is -0.826. The van der Waals surface area contributed by atoms with Gasteiger partial charge < -0.3 is 0 Å². The average molecular weight is 322 g/mol. The second-order valence-electron chi connectivity index (χ2n) is 4.65. The molecule has 1 aliphatic rings. The molecule has 1 aromatic carbocycles. The number of aromatic nitrogens is 2. The molecular formula is C13H12BrN3O2. The summed E-state index contributed by atoms with van der Waals surface area (Å²) < 4.78 is 2.68. The highest BCUT2D eigenvalue weighted by atomic mass is 79.9. The van der Waals surface area contributed by atoms with Crippen molar-refractivity contribution in [3.05, 3.63) is 28.4 Å². The van der Waals surface area contributed by atoms with Crippen molar-refractivity contribution < 1.29 is 9.59 Å². The summed E-state index contributed by atoms with van der Waals surface area (Å²) in [6.07, 6.45) is 0.872. The summed E-state index contributed by atoms with van der Waals surface area (Å²) in [6, 6.07) is 5.82. The number of nitrogens with zero attached hydrogens (tertiary/aromatic N) is 2. The van der Waals surface area contributed by atoms with Gasteiger partial charge in [-0.25, -0.2) is 0 Å². The number of amides is 2. The molecular weight excluding hydrogens is 310 g/mol. The van der Waals surface area contributed by atoms with Crippen LogP contribution in [0.1, 0.15) is 24.5 Å². The van der Waals surface area contributed by atoms with Gasteiger partial charge in [0.2, 0.25) is 11.8 Å². The Bertz CT molecular complexity index is 692. The number of carbonyl (C=O) groups is 2. The fraction of sp³-hybridized carbons (Fsp3) is 0.308. The molecule has 98 valence electrons. The molecule has 0 saturated carbocycles. The first-order valence-electron chi connectivity index (χ1n) is 6.02. The third kappa shape index (κ3) is 1.96. The molecule has 1 fully saturated rings. The maximum absolute atomic E-state index is 12.0.